The lowest BCUT2D eigenvalue weighted by molar-refractivity contribution is 0.234. The fourth-order valence-corrected chi connectivity index (χ4v) is 3.39. The first-order valence-electron chi connectivity index (χ1n) is 9.23. The summed E-state index contributed by atoms with van der Waals surface area (Å²) in [5.74, 6) is 0.319. The number of rotatable bonds is 5. The minimum absolute atomic E-state index is 0.0126. The molecule has 5 N–H and O–H groups in total. The van der Waals surface area contributed by atoms with Crippen LogP contribution in [0.1, 0.15) is 18.5 Å². The van der Waals surface area contributed by atoms with Crippen LogP contribution in [0.15, 0.2) is 37.3 Å². The topological polar surface area (TPSA) is 159 Å². The Morgan fingerprint density at radius 1 is 1.39 bits per heavy atom. The minimum atomic E-state index is -0.429. The summed E-state index contributed by atoms with van der Waals surface area (Å²) in [5, 5.41) is 29.3. The molecular formula is C17H20BrFN10O2. The largest absolute Gasteiger partial charge is 0.362 e. The number of hydrazine groups is 1. The maximum atomic E-state index is 13.4. The molecule has 2 heterocycles. The van der Waals surface area contributed by atoms with Gasteiger partial charge in [-0.25, -0.2) is 19.4 Å². The Kier molecular flexibility index (Phi) is 7.70. The molecule has 164 valence electrons. The van der Waals surface area contributed by atoms with Crippen molar-refractivity contribution in [2.45, 2.75) is 18.9 Å². The highest BCUT2D eigenvalue weighted by atomic mass is 79.9. The van der Waals surface area contributed by atoms with E-state index in [1.165, 1.54) is 18.2 Å². The van der Waals surface area contributed by atoms with Crippen LogP contribution < -0.4 is 21.6 Å². The molecule has 1 aliphatic heterocycles. The number of hydrogen-bond donors (Lipinski definition) is 5. The van der Waals surface area contributed by atoms with E-state index >= 15 is 0 Å². The Balaban J connectivity index is 1.69. The summed E-state index contributed by atoms with van der Waals surface area (Å²) in [7, 11) is 1.69. The Bertz CT molecular complexity index is 997. The number of benzene rings is 1. The Labute approximate surface area is 185 Å². The van der Waals surface area contributed by atoms with Crippen molar-refractivity contribution in [3.63, 3.8) is 0 Å². The van der Waals surface area contributed by atoms with E-state index in [4.69, 9.17) is 9.89 Å². The standard InChI is InChI=1S/C17H20BrFN10O2/c1-21-25-17(22-9-20)29-6-4-10(5-7-29)23-16-14(27-31-28-16)15(26-30)24-11-2-3-13(19)12(18)8-11/h2-3,8,10,21,30H,4-7H2,1H3,(H,22,25)(H,23,28)(H,24,26). The van der Waals surface area contributed by atoms with Crippen LogP contribution >= 0.6 is 15.9 Å². The maximum absolute atomic E-state index is 13.4. The van der Waals surface area contributed by atoms with Crippen molar-refractivity contribution in [2.75, 3.05) is 25.5 Å². The van der Waals surface area contributed by atoms with Crippen molar-refractivity contribution in [1.82, 2.24) is 31.5 Å². The van der Waals surface area contributed by atoms with Crippen molar-refractivity contribution >= 4 is 39.2 Å². The molecular weight excluding hydrogens is 475 g/mol. The predicted molar refractivity (Wildman–Crippen MR) is 113 cm³/mol. The predicted octanol–water partition coefficient (Wildman–Crippen LogP) is 1.47. The molecule has 12 nitrogen and oxygen atoms in total. The molecule has 1 saturated heterocycles. The molecule has 2 aromatic rings. The van der Waals surface area contributed by atoms with Crippen molar-refractivity contribution in [2.24, 2.45) is 9.98 Å². The molecule has 0 radical (unpaired) electrons. The number of hydroxylamine groups is 1. The second kappa shape index (κ2) is 10.7. The molecule has 1 aromatic carbocycles. The van der Waals surface area contributed by atoms with E-state index in [-0.39, 0.29) is 22.0 Å². The van der Waals surface area contributed by atoms with E-state index in [1.54, 1.807) is 13.2 Å². The molecule has 0 unspecified atom stereocenters. The fraction of sp³-hybridized carbons (Fsp3) is 0.353. The summed E-state index contributed by atoms with van der Waals surface area (Å²) in [4.78, 5) is 9.97. The van der Waals surface area contributed by atoms with Gasteiger partial charge in [-0.05, 0) is 57.3 Å². The number of guanidine groups is 1. The lowest BCUT2D eigenvalue weighted by Crippen LogP contribution is -2.50. The molecule has 0 saturated carbocycles. The average molecular weight is 495 g/mol. The highest BCUT2D eigenvalue weighted by Crippen LogP contribution is 2.24. The lowest BCUT2D eigenvalue weighted by atomic mass is 10.1. The molecule has 14 heteroatoms. The van der Waals surface area contributed by atoms with Gasteiger partial charge in [-0.15, -0.1) is 4.99 Å². The summed E-state index contributed by atoms with van der Waals surface area (Å²) >= 11 is 3.10. The SMILES string of the molecule is CNNC(=NC#N)N1CCC(Nc2nonc2C(=Nc2ccc(F)c(Br)c2)NO)CC1. The first-order valence-corrected chi connectivity index (χ1v) is 10.0. The molecule has 0 aliphatic carbocycles. The van der Waals surface area contributed by atoms with Crippen LogP contribution in [0, 0.1) is 17.3 Å². The van der Waals surface area contributed by atoms with Gasteiger partial charge in [0.1, 0.15) is 5.82 Å². The van der Waals surface area contributed by atoms with Gasteiger partial charge >= 0.3 is 0 Å². The van der Waals surface area contributed by atoms with Gasteiger partial charge in [0, 0.05) is 26.2 Å². The number of halogens is 2. The molecule has 1 aromatic heterocycles. The molecule has 0 spiro atoms. The Hall–Kier alpha value is -3.28. The van der Waals surface area contributed by atoms with Crippen LogP contribution in [0.4, 0.5) is 15.9 Å². The van der Waals surface area contributed by atoms with Gasteiger partial charge in [0.25, 0.3) is 0 Å². The third-order valence-electron chi connectivity index (χ3n) is 4.49. The third kappa shape index (κ3) is 5.66. The van der Waals surface area contributed by atoms with Crippen molar-refractivity contribution in [3.8, 4) is 6.19 Å². The highest BCUT2D eigenvalue weighted by molar-refractivity contribution is 9.10. The van der Waals surface area contributed by atoms with Crippen molar-refractivity contribution in [1.29, 1.82) is 5.26 Å². The third-order valence-corrected chi connectivity index (χ3v) is 5.10. The zero-order chi connectivity index (χ0) is 22.2. The number of amidine groups is 1. The number of likely N-dealkylation sites (tertiary alicyclic amines) is 1. The quantitative estimate of drug-likeness (QED) is 0.178. The molecule has 0 bridgehead atoms. The van der Waals surface area contributed by atoms with Crippen molar-refractivity contribution in [3.05, 3.63) is 34.2 Å². The van der Waals surface area contributed by atoms with E-state index in [1.807, 2.05) is 10.4 Å². The van der Waals surface area contributed by atoms with E-state index in [0.29, 0.717) is 30.6 Å². The number of aliphatic imine (C=N–C) groups is 2. The van der Waals surface area contributed by atoms with Crippen LogP contribution in [0.5, 0.6) is 0 Å². The van der Waals surface area contributed by atoms with Crippen molar-refractivity contribution < 1.29 is 14.2 Å². The first kappa shape index (κ1) is 22.4. The van der Waals surface area contributed by atoms with Gasteiger partial charge in [-0.3, -0.25) is 16.1 Å². The fourth-order valence-electron chi connectivity index (χ4n) is 3.02. The zero-order valence-electron chi connectivity index (χ0n) is 16.4. The van der Waals surface area contributed by atoms with Crippen LogP contribution in [0.25, 0.3) is 0 Å². The van der Waals surface area contributed by atoms with E-state index in [9.17, 15) is 9.60 Å². The van der Waals surface area contributed by atoms with Gasteiger partial charge in [-0.2, -0.15) is 5.26 Å². The average Bonchev–Trinajstić information content (AvgIpc) is 3.23. The second-order valence-electron chi connectivity index (χ2n) is 6.45. The second-order valence-corrected chi connectivity index (χ2v) is 7.30. The van der Waals surface area contributed by atoms with E-state index < -0.39 is 5.82 Å². The molecule has 1 aliphatic rings. The zero-order valence-corrected chi connectivity index (χ0v) is 18.0. The number of hydrogen-bond acceptors (Lipinski definition) is 9. The number of piperidine rings is 1. The normalized spacial score (nSPS) is 15.5. The number of aromatic nitrogens is 2. The Morgan fingerprint density at radius 2 is 2.16 bits per heavy atom. The number of nitrogens with zero attached hydrogens (tertiary/aromatic N) is 6. The lowest BCUT2D eigenvalue weighted by Gasteiger charge is -2.33. The summed E-state index contributed by atoms with van der Waals surface area (Å²) in [6, 6.07) is 4.20. The summed E-state index contributed by atoms with van der Waals surface area (Å²) in [6.45, 7) is 1.30. The monoisotopic (exact) mass is 494 g/mol. The van der Waals surface area contributed by atoms with Gasteiger partial charge < -0.3 is 10.2 Å². The summed E-state index contributed by atoms with van der Waals surface area (Å²) < 4.78 is 18.5. The maximum Gasteiger partial charge on any atom is 0.224 e. The highest BCUT2D eigenvalue weighted by Gasteiger charge is 2.25. The minimum Gasteiger partial charge on any atom is -0.362 e. The van der Waals surface area contributed by atoms with Gasteiger partial charge in [-0.1, -0.05) is 0 Å². The molecule has 0 atom stereocenters. The summed E-state index contributed by atoms with van der Waals surface area (Å²) in [6.07, 6.45) is 3.24. The summed E-state index contributed by atoms with van der Waals surface area (Å²) in [5.41, 5.74) is 8.15. The number of anilines is 1. The molecule has 31 heavy (non-hydrogen) atoms. The Morgan fingerprint density at radius 3 is 2.81 bits per heavy atom. The first-order chi connectivity index (χ1) is 15.0. The van der Waals surface area contributed by atoms with Crippen LogP contribution in [0.2, 0.25) is 0 Å². The molecule has 0 amide bonds. The van der Waals surface area contributed by atoms with E-state index in [2.05, 4.69) is 52.4 Å². The number of nitrogens with one attached hydrogen (secondary N) is 4. The van der Waals surface area contributed by atoms with Crippen LogP contribution in [-0.4, -0.2) is 58.4 Å². The van der Waals surface area contributed by atoms with Crippen LogP contribution in [0.3, 0.4) is 0 Å². The van der Waals surface area contributed by atoms with E-state index in [0.717, 1.165) is 12.8 Å². The van der Waals surface area contributed by atoms with Gasteiger partial charge in [0.05, 0.1) is 10.2 Å². The van der Waals surface area contributed by atoms with Gasteiger partial charge in [0.15, 0.2) is 11.5 Å². The molecule has 1 fully saturated rings. The number of nitriles is 1. The molecule has 3 rings (SSSR count). The van der Waals surface area contributed by atoms with Gasteiger partial charge in [0.2, 0.25) is 18.0 Å². The van der Waals surface area contributed by atoms with Crippen LogP contribution in [-0.2, 0) is 0 Å². The smallest absolute Gasteiger partial charge is 0.224 e.